The Hall–Kier alpha value is 0.160. The van der Waals surface area contributed by atoms with Crippen LogP contribution in [0.15, 0.2) is 0 Å². The second-order valence-corrected chi connectivity index (χ2v) is 5.21. The Balaban J connectivity index is 4.22. The zero-order valence-corrected chi connectivity index (χ0v) is 8.69. The number of aliphatic hydroxyl groups is 1. The smallest absolute Gasteiger partial charge is 0.225 e. The van der Waals surface area contributed by atoms with E-state index in [4.69, 9.17) is 16.7 Å². The van der Waals surface area contributed by atoms with Gasteiger partial charge in [0.2, 0.25) is 10.0 Å². The molecule has 0 aromatic heterocycles. The summed E-state index contributed by atoms with van der Waals surface area (Å²) < 4.78 is 24.1. The van der Waals surface area contributed by atoms with Crippen molar-refractivity contribution in [2.45, 2.75) is 19.9 Å². The van der Waals surface area contributed by atoms with Gasteiger partial charge in [0, 0.05) is 6.04 Å². The quantitative estimate of drug-likeness (QED) is 0.641. The zero-order valence-electron chi connectivity index (χ0n) is 7.12. The summed E-state index contributed by atoms with van der Waals surface area (Å²) in [5, 5.41) is 8.31. The van der Waals surface area contributed by atoms with Crippen LogP contribution in [0.3, 0.4) is 0 Å². The molecule has 0 aliphatic rings. The highest BCUT2D eigenvalue weighted by Crippen LogP contribution is 2.02. The van der Waals surface area contributed by atoms with Crippen LogP contribution >= 0.6 is 11.6 Å². The first kappa shape index (κ1) is 12.2. The Bertz CT molecular complexity index is 215. The first-order valence-corrected chi connectivity index (χ1v) is 5.78. The van der Waals surface area contributed by atoms with E-state index in [0.29, 0.717) is 0 Å². The van der Waals surface area contributed by atoms with Gasteiger partial charge in [-0.1, -0.05) is 13.8 Å². The van der Waals surface area contributed by atoms with Gasteiger partial charge in [0.1, 0.15) is 5.21 Å². The van der Waals surface area contributed by atoms with Crippen molar-refractivity contribution in [3.05, 3.63) is 0 Å². The van der Waals surface area contributed by atoms with E-state index < -0.39 is 21.3 Å². The number of rotatable bonds is 5. The molecule has 4 nitrogen and oxygen atoms in total. The van der Waals surface area contributed by atoms with Gasteiger partial charge in [-0.2, -0.15) is 0 Å². The molecule has 2 N–H and O–H groups in total. The number of aliphatic hydroxyl groups excluding tert-OH is 1. The van der Waals surface area contributed by atoms with Gasteiger partial charge in [0.05, 0.1) is 6.61 Å². The summed E-state index contributed by atoms with van der Waals surface area (Å²) in [5.41, 5.74) is 0. The molecule has 0 rings (SSSR count). The third-order valence-corrected chi connectivity index (χ3v) is 3.29. The van der Waals surface area contributed by atoms with E-state index in [1.54, 1.807) is 0 Å². The SMILES string of the molecule is CC(C)C(CO)NS(=O)(=O)CCl. The Morgan fingerprint density at radius 3 is 2.25 bits per heavy atom. The normalized spacial score (nSPS) is 15.1. The molecule has 0 spiro atoms. The van der Waals surface area contributed by atoms with Gasteiger partial charge < -0.3 is 5.11 Å². The van der Waals surface area contributed by atoms with E-state index in [1.807, 2.05) is 13.8 Å². The van der Waals surface area contributed by atoms with E-state index in [9.17, 15) is 8.42 Å². The van der Waals surface area contributed by atoms with E-state index in [0.717, 1.165) is 0 Å². The lowest BCUT2D eigenvalue weighted by Crippen LogP contribution is -2.41. The van der Waals surface area contributed by atoms with Crippen LogP contribution in [0.2, 0.25) is 0 Å². The molecule has 0 bridgehead atoms. The van der Waals surface area contributed by atoms with Crippen LogP contribution in [-0.4, -0.2) is 31.4 Å². The van der Waals surface area contributed by atoms with E-state index >= 15 is 0 Å². The van der Waals surface area contributed by atoms with Gasteiger partial charge in [-0.3, -0.25) is 0 Å². The molecule has 0 radical (unpaired) electrons. The number of hydrogen-bond acceptors (Lipinski definition) is 3. The monoisotopic (exact) mass is 215 g/mol. The summed E-state index contributed by atoms with van der Waals surface area (Å²) in [6, 6.07) is -0.450. The number of sulfonamides is 1. The molecule has 0 aliphatic heterocycles. The molecule has 1 atom stereocenters. The van der Waals surface area contributed by atoms with Crippen molar-refractivity contribution in [3.8, 4) is 0 Å². The van der Waals surface area contributed by atoms with Crippen molar-refractivity contribution in [1.29, 1.82) is 0 Å². The molecule has 0 amide bonds. The first-order chi connectivity index (χ1) is 5.43. The first-order valence-electron chi connectivity index (χ1n) is 3.59. The predicted octanol–water partition coefficient (Wildman–Crippen LogP) is 0.119. The lowest BCUT2D eigenvalue weighted by atomic mass is 10.1. The average molecular weight is 216 g/mol. The van der Waals surface area contributed by atoms with Gasteiger partial charge in [0.15, 0.2) is 0 Å². The summed E-state index contributed by atoms with van der Waals surface area (Å²) in [5.74, 6) is 0.0491. The molecule has 0 aromatic carbocycles. The molecule has 0 aromatic rings. The summed E-state index contributed by atoms with van der Waals surface area (Å²) in [6.45, 7) is 3.42. The van der Waals surface area contributed by atoms with Crippen LogP contribution in [-0.2, 0) is 10.0 Å². The molecule has 0 heterocycles. The molecular weight excluding hydrogens is 202 g/mol. The lowest BCUT2D eigenvalue weighted by Gasteiger charge is -2.18. The highest BCUT2D eigenvalue weighted by molar-refractivity contribution is 7.90. The van der Waals surface area contributed by atoms with E-state index in [-0.39, 0.29) is 12.5 Å². The molecule has 0 saturated heterocycles. The molecule has 0 fully saturated rings. The van der Waals surface area contributed by atoms with Crippen LogP contribution in [0.1, 0.15) is 13.8 Å². The van der Waals surface area contributed by atoms with Gasteiger partial charge in [-0.25, -0.2) is 13.1 Å². The second kappa shape index (κ2) is 5.01. The van der Waals surface area contributed by atoms with Crippen molar-refractivity contribution >= 4 is 21.6 Å². The molecule has 74 valence electrons. The fourth-order valence-corrected chi connectivity index (χ4v) is 1.71. The maximum Gasteiger partial charge on any atom is 0.225 e. The van der Waals surface area contributed by atoms with Gasteiger partial charge in [0.25, 0.3) is 0 Å². The Morgan fingerprint density at radius 1 is 1.50 bits per heavy atom. The minimum atomic E-state index is -3.42. The standard InChI is InChI=1S/C6H14ClNO3S/c1-5(2)6(3-9)8-12(10,11)4-7/h5-6,8-9H,3-4H2,1-2H3. The summed E-state index contributed by atoms with van der Waals surface area (Å²) in [4.78, 5) is 0. The number of hydrogen-bond donors (Lipinski definition) is 2. The number of alkyl halides is 1. The topological polar surface area (TPSA) is 66.4 Å². The minimum Gasteiger partial charge on any atom is -0.395 e. The van der Waals surface area contributed by atoms with Gasteiger partial charge in [-0.05, 0) is 5.92 Å². The largest absolute Gasteiger partial charge is 0.395 e. The van der Waals surface area contributed by atoms with Gasteiger partial charge in [-0.15, -0.1) is 11.6 Å². The van der Waals surface area contributed by atoms with Crippen molar-refractivity contribution in [1.82, 2.24) is 4.72 Å². The van der Waals surface area contributed by atoms with Crippen molar-refractivity contribution < 1.29 is 13.5 Å². The zero-order chi connectivity index (χ0) is 9.78. The highest BCUT2D eigenvalue weighted by Gasteiger charge is 2.18. The molecule has 0 saturated carbocycles. The van der Waals surface area contributed by atoms with Crippen molar-refractivity contribution in [2.24, 2.45) is 5.92 Å². The Morgan fingerprint density at radius 2 is 2.00 bits per heavy atom. The van der Waals surface area contributed by atoms with E-state index in [2.05, 4.69) is 4.72 Å². The molecular formula is C6H14ClNO3S. The lowest BCUT2D eigenvalue weighted by molar-refractivity contribution is 0.228. The van der Waals surface area contributed by atoms with E-state index in [1.165, 1.54) is 0 Å². The molecule has 0 aliphatic carbocycles. The number of halogens is 1. The maximum atomic E-state index is 10.9. The summed E-state index contributed by atoms with van der Waals surface area (Å²) in [7, 11) is -3.42. The van der Waals surface area contributed by atoms with Crippen LogP contribution in [0, 0.1) is 5.92 Å². The maximum absolute atomic E-state index is 10.9. The van der Waals surface area contributed by atoms with Gasteiger partial charge >= 0.3 is 0 Å². The molecule has 12 heavy (non-hydrogen) atoms. The third kappa shape index (κ3) is 4.25. The Labute approximate surface area is 78.0 Å². The van der Waals surface area contributed by atoms with Crippen LogP contribution in [0.25, 0.3) is 0 Å². The van der Waals surface area contributed by atoms with Crippen LogP contribution < -0.4 is 4.72 Å². The fraction of sp³-hybridized carbons (Fsp3) is 1.00. The highest BCUT2D eigenvalue weighted by atomic mass is 35.5. The predicted molar refractivity (Wildman–Crippen MR) is 48.5 cm³/mol. The number of nitrogens with one attached hydrogen (secondary N) is 1. The fourth-order valence-electron chi connectivity index (χ4n) is 0.646. The summed E-state index contributed by atoms with van der Waals surface area (Å²) in [6.07, 6.45) is 0. The molecule has 1 unspecified atom stereocenters. The van der Waals surface area contributed by atoms with Crippen LogP contribution in [0.5, 0.6) is 0 Å². The van der Waals surface area contributed by atoms with Crippen molar-refractivity contribution in [2.75, 3.05) is 11.8 Å². The minimum absolute atomic E-state index is 0.0491. The van der Waals surface area contributed by atoms with Crippen molar-refractivity contribution in [3.63, 3.8) is 0 Å². The van der Waals surface area contributed by atoms with Crippen LogP contribution in [0.4, 0.5) is 0 Å². The second-order valence-electron chi connectivity index (χ2n) is 2.87. The third-order valence-electron chi connectivity index (χ3n) is 1.48. The Kier molecular flexibility index (Phi) is 5.08. The average Bonchev–Trinajstić information content (AvgIpc) is 2.00. The molecule has 6 heteroatoms. The summed E-state index contributed by atoms with van der Waals surface area (Å²) >= 11 is 5.17.